The zero-order valence-electron chi connectivity index (χ0n) is 8.24. The Kier molecular flexibility index (Phi) is 3.62. The van der Waals surface area contributed by atoms with E-state index in [4.69, 9.17) is 15.1 Å². The third-order valence-corrected chi connectivity index (χ3v) is 1.77. The van der Waals surface area contributed by atoms with Gasteiger partial charge in [0.05, 0.1) is 17.2 Å². The lowest BCUT2D eigenvalue weighted by Gasteiger charge is -2.06. The molecule has 5 heteroatoms. The van der Waals surface area contributed by atoms with Crippen LogP contribution >= 0.6 is 0 Å². The van der Waals surface area contributed by atoms with Crippen LogP contribution in [0, 0.1) is 17.1 Å². The lowest BCUT2D eigenvalue weighted by molar-refractivity contribution is -0.133. The summed E-state index contributed by atoms with van der Waals surface area (Å²) in [5.41, 5.74) is -0.00864. The molecule has 0 atom stereocenters. The zero-order chi connectivity index (χ0) is 12.1. The number of benzene rings is 1. The molecule has 1 aromatic carbocycles. The van der Waals surface area contributed by atoms with Crippen molar-refractivity contribution in [1.29, 1.82) is 5.26 Å². The highest BCUT2D eigenvalue weighted by Gasteiger charge is 2.08. The number of carboxylic acid groups (broad SMARTS) is 1. The standard InChI is InChI=1S/C11H8FNO3/c1-7(11(14)15)6-16-10-3-2-8(5-13)4-9(10)12/h2-4H,1,6H2,(H,14,15). The summed E-state index contributed by atoms with van der Waals surface area (Å²) >= 11 is 0. The molecule has 0 radical (unpaired) electrons. The first-order valence-corrected chi connectivity index (χ1v) is 4.28. The SMILES string of the molecule is C=C(COc1ccc(C#N)cc1F)C(=O)O. The van der Waals surface area contributed by atoms with E-state index in [1.807, 2.05) is 0 Å². The molecular weight excluding hydrogens is 213 g/mol. The molecule has 0 amide bonds. The fourth-order valence-electron chi connectivity index (χ4n) is 0.914. The largest absolute Gasteiger partial charge is 0.486 e. The average Bonchev–Trinajstić information content (AvgIpc) is 2.26. The normalized spacial score (nSPS) is 9.25. The second kappa shape index (κ2) is 4.94. The first-order chi connectivity index (χ1) is 7.54. The van der Waals surface area contributed by atoms with Crippen LogP contribution in [-0.2, 0) is 4.79 Å². The maximum Gasteiger partial charge on any atom is 0.334 e. The molecule has 16 heavy (non-hydrogen) atoms. The molecule has 0 aliphatic rings. The summed E-state index contributed by atoms with van der Waals surface area (Å²) in [5.74, 6) is -2.02. The molecule has 0 bridgehead atoms. The number of halogens is 1. The van der Waals surface area contributed by atoms with Gasteiger partial charge in [-0.15, -0.1) is 0 Å². The monoisotopic (exact) mass is 221 g/mol. The van der Waals surface area contributed by atoms with Crippen LogP contribution in [0.2, 0.25) is 0 Å². The third-order valence-electron chi connectivity index (χ3n) is 1.77. The van der Waals surface area contributed by atoms with Crippen molar-refractivity contribution in [3.8, 4) is 11.8 Å². The minimum absolute atomic E-state index is 0.110. The van der Waals surface area contributed by atoms with Gasteiger partial charge in [-0.2, -0.15) is 5.26 Å². The van der Waals surface area contributed by atoms with Crippen molar-refractivity contribution in [2.75, 3.05) is 6.61 Å². The van der Waals surface area contributed by atoms with E-state index in [1.54, 1.807) is 6.07 Å². The van der Waals surface area contributed by atoms with E-state index in [1.165, 1.54) is 12.1 Å². The summed E-state index contributed by atoms with van der Waals surface area (Å²) in [4.78, 5) is 10.4. The molecule has 1 rings (SSSR count). The predicted octanol–water partition coefficient (Wildman–Crippen LogP) is 1.72. The fourth-order valence-corrected chi connectivity index (χ4v) is 0.914. The van der Waals surface area contributed by atoms with Gasteiger partial charge >= 0.3 is 5.97 Å². The maximum absolute atomic E-state index is 13.2. The van der Waals surface area contributed by atoms with E-state index in [9.17, 15) is 9.18 Å². The second-order valence-electron chi connectivity index (χ2n) is 2.95. The average molecular weight is 221 g/mol. The first-order valence-electron chi connectivity index (χ1n) is 4.28. The molecule has 0 fully saturated rings. The van der Waals surface area contributed by atoms with Crippen LogP contribution in [-0.4, -0.2) is 17.7 Å². The van der Waals surface area contributed by atoms with Gasteiger partial charge in [-0.25, -0.2) is 9.18 Å². The van der Waals surface area contributed by atoms with Gasteiger partial charge in [0, 0.05) is 0 Å². The number of carbonyl (C=O) groups is 1. The Morgan fingerprint density at radius 1 is 1.62 bits per heavy atom. The predicted molar refractivity (Wildman–Crippen MR) is 53.4 cm³/mol. The minimum Gasteiger partial charge on any atom is -0.486 e. The smallest absolute Gasteiger partial charge is 0.334 e. The van der Waals surface area contributed by atoms with E-state index >= 15 is 0 Å². The Bertz CT molecular complexity index is 477. The van der Waals surface area contributed by atoms with Gasteiger partial charge in [0.25, 0.3) is 0 Å². The summed E-state index contributed by atoms with van der Waals surface area (Å²) in [6, 6.07) is 5.43. The molecule has 0 saturated carbocycles. The Hall–Kier alpha value is -2.35. The second-order valence-corrected chi connectivity index (χ2v) is 2.95. The van der Waals surface area contributed by atoms with Gasteiger partial charge in [0.15, 0.2) is 11.6 Å². The zero-order valence-corrected chi connectivity index (χ0v) is 8.24. The van der Waals surface area contributed by atoms with E-state index in [2.05, 4.69) is 6.58 Å². The number of aliphatic carboxylic acids is 1. The summed E-state index contributed by atoms with van der Waals surface area (Å²) in [6.07, 6.45) is 0. The summed E-state index contributed by atoms with van der Waals surface area (Å²) in [6.45, 7) is 2.93. The van der Waals surface area contributed by atoms with Crippen LogP contribution in [0.15, 0.2) is 30.4 Å². The number of hydrogen-bond acceptors (Lipinski definition) is 3. The molecule has 82 valence electrons. The Balaban J connectivity index is 2.73. The van der Waals surface area contributed by atoms with E-state index < -0.39 is 11.8 Å². The van der Waals surface area contributed by atoms with Gasteiger partial charge in [-0.05, 0) is 18.2 Å². The van der Waals surface area contributed by atoms with E-state index in [0.717, 1.165) is 6.07 Å². The molecule has 1 aromatic rings. The fraction of sp³-hybridized carbons (Fsp3) is 0.0909. The highest BCUT2D eigenvalue weighted by molar-refractivity contribution is 5.86. The molecule has 0 heterocycles. The highest BCUT2D eigenvalue weighted by Crippen LogP contribution is 2.18. The number of hydrogen-bond donors (Lipinski definition) is 1. The maximum atomic E-state index is 13.2. The van der Waals surface area contributed by atoms with Crippen LogP contribution in [0.1, 0.15) is 5.56 Å². The van der Waals surface area contributed by atoms with Crippen LogP contribution in [0.4, 0.5) is 4.39 Å². The Labute approximate surface area is 91.2 Å². The first kappa shape index (κ1) is 11.7. The van der Waals surface area contributed by atoms with Gasteiger partial charge in [0.2, 0.25) is 0 Å². The van der Waals surface area contributed by atoms with Crippen molar-refractivity contribution in [2.45, 2.75) is 0 Å². The van der Waals surface area contributed by atoms with Gasteiger partial charge in [-0.1, -0.05) is 6.58 Å². The summed E-state index contributed by atoms with van der Waals surface area (Å²) in [7, 11) is 0. The third kappa shape index (κ3) is 2.82. The van der Waals surface area contributed by atoms with Crippen LogP contribution in [0.25, 0.3) is 0 Å². The van der Waals surface area contributed by atoms with Gasteiger partial charge in [-0.3, -0.25) is 0 Å². The van der Waals surface area contributed by atoms with Crippen molar-refractivity contribution < 1.29 is 19.0 Å². The van der Waals surface area contributed by atoms with Crippen molar-refractivity contribution in [2.24, 2.45) is 0 Å². The van der Waals surface area contributed by atoms with Crippen molar-refractivity contribution in [3.05, 3.63) is 41.7 Å². The Morgan fingerprint density at radius 2 is 2.31 bits per heavy atom. The molecule has 1 N–H and O–H groups in total. The van der Waals surface area contributed by atoms with Crippen LogP contribution in [0.3, 0.4) is 0 Å². The summed E-state index contributed by atoms with van der Waals surface area (Å²) in [5, 5.41) is 17.0. The number of carboxylic acids is 1. The molecule has 0 aliphatic heterocycles. The number of ether oxygens (including phenoxy) is 1. The molecule has 4 nitrogen and oxygen atoms in total. The van der Waals surface area contributed by atoms with Crippen molar-refractivity contribution in [3.63, 3.8) is 0 Å². The molecule has 0 unspecified atom stereocenters. The minimum atomic E-state index is -1.20. The Morgan fingerprint density at radius 3 is 2.81 bits per heavy atom. The van der Waals surface area contributed by atoms with Gasteiger partial charge in [0.1, 0.15) is 6.61 Å². The lowest BCUT2D eigenvalue weighted by atomic mass is 10.2. The molecule has 0 spiro atoms. The summed E-state index contributed by atoms with van der Waals surface area (Å²) < 4.78 is 18.1. The topological polar surface area (TPSA) is 70.3 Å². The van der Waals surface area contributed by atoms with E-state index in [0.29, 0.717) is 0 Å². The van der Waals surface area contributed by atoms with Crippen molar-refractivity contribution in [1.82, 2.24) is 0 Å². The van der Waals surface area contributed by atoms with Crippen molar-refractivity contribution >= 4 is 5.97 Å². The quantitative estimate of drug-likeness (QED) is 0.786. The molecular formula is C11H8FNO3. The molecule has 0 saturated heterocycles. The number of nitriles is 1. The van der Waals surface area contributed by atoms with E-state index in [-0.39, 0.29) is 23.5 Å². The highest BCUT2D eigenvalue weighted by atomic mass is 19.1. The number of nitrogens with zero attached hydrogens (tertiary/aromatic N) is 1. The number of rotatable bonds is 4. The molecule has 0 aliphatic carbocycles. The lowest BCUT2D eigenvalue weighted by Crippen LogP contribution is -2.09. The molecule has 0 aromatic heterocycles. The van der Waals surface area contributed by atoms with Crippen LogP contribution < -0.4 is 4.74 Å². The van der Waals surface area contributed by atoms with Crippen LogP contribution in [0.5, 0.6) is 5.75 Å². The van der Waals surface area contributed by atoms with Gasteiger partial charge < -0.3 is 9.84 Å².